The molecule has 0 spiro atoms. The van der Waals surface area contributed by atoms with Crippen LogP contribution in [0.25, 0.3) is 11.1 Å². The van der Waals surface area contributed by atoms with Crippen molar-refractivity contribution in [2.75, 3.05) is 0 Å². The summed E-state index contributed by atoms with van der Waals surface area (Å²) in [5, 5.41) is 11.1. The molecule has 0 aliphatic rings. The maximum atomic E-state index is 9.46. The van der Waals surface area contributed by atoms with E-state index in [1.807, 2.05) is 0 Å². The molecule has 0 aromatic heterocycles. The summed E-state index contributed by atoms with van der Waals surface area (Å²) in [7, 11) is 0. The van der Waals surface area contributed by atoms with E-state index < -0.39 is 0 Å². The molecule has 2 aromatic carbocycles. The van der Waals surface area contributed by atoms with E-state index >= 15 is 0 Å². The van der Waals surface area contributed by atoms with Crippen molar-refractivity contribution in [2.45, 2.75) is 0 Å². The summed E-state index contributed by atoms with van der Waals surface area (Å²) in [5.74, 6) is 0.0893. The highest BCUT2D eigenvalue weighted by Crippen LogP contribution is 2.41. The molecular weight excluding hydrogens is 302 g/mol. The minimum Gasteiger partial charge on any atom is -0.508 e. The summed E-state index contributed by atoms with van der Waals surface area (Å²) in [6.45, 7) is 0. The molecule has 17 heavy (non-hydrogen) atoms. The van der Waals surface area contributed by atoms with Crippen LogP contribution in [0.3, 0.4) is 0 Å². The lowest BCUT2D eigenvalue weighted by Gasteiger charge is -2.10. The molecule has 0 aliphatic heterocycles. The van der Waals surface area contributed by atoms with Gasteiger partial charge in [0.2, 0.25) is 0 Å². The summed E-state index contributed by atoms with van der Waals surface area (Å²) in [5.41, 5.74) is 1.12. The number of hydrogen-bond donors (Lipinski definition) is 1. The zero-order chi connectivity index (χ0) is 12.6. The predicted octanol–water partition coefficient (Wildman–Crippen LogP) is 5.67. The molecule has 0 saturated carbocycles. The van der Waals surface area contributed by atoms with E-state index in [1.165, 1.54) is 12.1 Å². The third-order valence-corrected chi connectivity index (χ3v) is 3.37. The fourth-order valence-corrected chi connectivity index (χ4v) is 2.74. The molecule has 2 aromatic rings. The second kappa shape index (κ2) is 4.95. The van der Waals surface area contributed by atoms with Crippen molar-refractivity contribution >= 4 is 46.4 Å². The summed E-state index contributed by atoms with van der Waals surface area (Å²) in [6, 6.07) is 7.72. The minimum atomic E-state index is 0.0893. The van der Waals surface area contributed by atoms with Gasteiger partial charge in [0.1, 0.15) is 5.75 Å². The first kappa shape index (κ1) is 12.8. The van der Waals surface area contributed by atoms with E-state index in [-0.39, 0.29) is 5.75 Å². The maximum Gasteiger partial charge on any atom is 0.116 e. The highest BCUT2D eigenvalue weighted by molar-refractivity contribution is 6.43. The van der Waals surface area contributed by atoms with Crippen LogP contribution in [0, 0.1) is 0 Å². The monoisotopic (exact) mass is 306 g/mol. The number of phenolic OH excluding ortho intramolecular Hbond substituents is 1. The lowest BCUT2D eigenvalue weighted by molar-refractivity contribution is 0.475. The van der Waals surface area contributed by atoms with Crippen molar-refractivity contribution in [1.29, 1.82) is 0 Å². The Balaban J connectivity index is 2.72. The molecule has 0 fully saturated rings. The van der Waals surface area contributed by atoms with Gasteiger partial charge >= 0.3 is 0 Å². The molecule has 0 amide bonds. The molecule has 0 saturated heterocycles. The Morgan fingerprint density at radius 2 is 1.35 bits per heavy atom. The number of benzene rings is 2. The molecule has 0 bridgehead atoms. The highest BCUT2D eigenvalue weighted by Gasteiger charge is 2.13. The Bertz CT molecular complexity index is 558. The van der Waals surface area contributed by atoms with E-state index in [0.29, 0.717) is 31.2 Å². The number of aromatic hydroxyl groups is 1. The van der Waals surface area contributed by atoms with Crippen molar-refractivity contribution in [1.82, 2.24) is 0 Å². The Morgan fingerprint density at radius 3 is 1.94 bits per heavy atom. The first-order chi connectivity index (χ1) is 7.99. The highest BCUT2D eigenvalue weighted by atomic mass is 35.5. The average molecular weight is 308 g/mol. The molecule has 0 unspecified atom stereocenters. The van der Waals surface area contributed by atoms with Gasteiger partial charge in [-0.15, -0.1) is 0 Å². The molecule has 5 heteroatoms. The molecule has 88 valence electrons. The largest absolute Gasteiger partial charge is 0.508 e. The average Bonchev–Trinajstić information content (AvgIpc) is 2.21. The Labute approximate surface area is 118 Å². The lowest BCUT2D eigenvalue weighted by Crippen LogP contribution is -1.84. The number of phenols is 1. The van der Waals surface area contributed by atoms with E-state index in [9.17, 15) is 5.11 Å². The Morgan fingerprint density at radius 1 is 0.765 bits per heavy atom. The Hall–Kier alpha value is -0.600. The van der Waals surface area contributed by atoms with Gasteiger partial charge in [-0.1, -0.05) is 46.4 Å². The topological polar surface area (TPSA) is 20.2 Å². The van der Waals surface area contributed by atoms with E-state index in [0.717, 1.165) is 0 Å². The number of hydrogen-bond acceptors (Lipinski definition) is 1. The van der Waals surface area contributed by atoms with Gasteiger partial charge in [0.05, 0.1) is 10.0 Å². The van der Waals surface area contributed by atoms with Crippen molar-refractivity contribution in [3.8, 4) is 16.9 Å². The summed E-state index contributed by atoms with van der Waals surface area (Å²) in [4.78, 5) is 0. The SMILES string of the molecule is Oc1ccc(Cl)c(-c2c(Cl)cc(Cl)cc2Cl)c1. The van der Waals surface area contributed by atoms with Crippen LogP contribution in [-0.4, -0.2) is 5.11 Å². The fourth-order valence-electron chi connectivity index (χ4n) is 1.50. The van der Waals surface area contributed by atoms with Gasteiger partial charge in [-0.3, -0.25) is 0 Å². The van der Waals surface area contributed by atoms with Crippen molar-refractivity contribution < 1.29 is 5.11 Å². The van der Waals surface area contributed by atoms with Gasteiger partial charge < -0.3 is 5.11 Å². The molecule has 0 atom stereocenters. The van der Waals surface area contributed by atoms with Gasteiger partial charge in [0.15, 0.2) is 0 Å². The zero-order valence-corrected chi connectivity index (χ0v) is 11.4. The smallest absolute Gasteiger partial charge is 0.116 e. The molecular formula is C12H6Cl4O. The van der Waals surface area contributed by atoms with Gasteiger partial charge in [-0.25, -0.2) is 0 Å². The summed E-state index contributed by atoms with van der Waals surface area (Å²) >= 11 is 24.1. The van der Waals surface area contributed by atoms with Crippen LogP contribution in [0.15, 0.2) is 30.3 Å². The molecule has 0 heterocycles. The van der Waals surface area contributed by atoms with Crippen LogP contribution >= 0.6 is 46.4 Å². The van der Waals surface area contributed by atoms with Crippen LogP contribution in [0.5, 0.6) is 5.75 Å². The van der Waals surface area contributed by atoms with Crippen LogP contribution in [-0.2, 0) is 0 Å². The normalized spacial score (nSPS) is 10.6. The second-order valence-electron chi connectivity index (χ2n) is 3.41. The molecule has 1 nitrogen and oxygen atoms in total. The molecule has 2 rings (SSSR count). The van der Waals surface area contributed by atoms with E-state index in [2.05, 4.69) is 0 Å². The third kappa shape index (κ3) is 2.63. The second-order valence-corrected chi connectivity index (χ2v) is 5.07. The van der Waals surface area contributed by atoms with Crippen molar-refractivity contribution in [3.63, 3.8) is 0 Å². The van der Waals surface area contributed by atoms with Gasteiger partial charge in [0, 0.05) is 21.2 Å². The standard InChI is InChI=1S/C12H6Cl4O/c13-6-3-10(15)12(11(16)4-6)8-5-7(17)1-2-9(8)14/h1-5,17H. The van der Waals surface area contributed by atoms with Crippen LogP contribution in [0.2, 0.25) is 20.1 Å². The zero-order valence-electron chi connectivity index (χ0n) is 8.35. The summed E-state index contributed by atoms with van der Waals surface area (Å²) in [6.07, 6.45) is 0. The number of halogens is 4. The van der Waals surface area contributed by atoms with Crippen LogP contribution in [0.1, 0.15) is 0 Å². The number of rotatable bonds is 1. The quantitative estimate of drug-likeness (QED) is 0.719. The van der Waals surface area contributed by atoms with Crippen molar-refractivity contribution in [3.05, 3.63) is 50.4 Å². The first-order valence-electron chi connectivity index (χ1n) is 4.62. The van der Waals surface area contributed by atoms with Crippen LogP contribution in [0.4, 0.5) is 0 Å². The fraction of sp³-hybridized carbons (Fsp3) is 0. The molecule has 1 N–H and O–H groups in total. The van der Waals surface area contributed by atoms with Gasteiger partial charge in [0.25, 0.3) is 0 Å². The van der Waals surface area contributed by atoms with E-state index in [1.54, 1.807) is 18.2 Å². The molecule has 0 radical (unpaired) electrons. The Kier molecular flexibility index (Phi) is 3.74. The lowest BCUT2D eigenvalue weighted by atomic mass is 10.1. The minimum absolute atomic E-state index is 0.0893. The first-order valence-corrected chi connectivity index (χ1v) is 6.13. The van der Waals surface area contributed by atoms with Crippen LogP contribution < -0.4 is 0 Å². The van der Waals surface area contributed by atoms with E-state index in [4.69, 9.17) is 46.4 Å². The molecule has 0 aliphatic carbocycles. The third-order valence-electron chi connectivity index (χ3n) is 2.23. The predicted molar refractivity (Wildman–Crippen MR) is 73.6 cm³/mol. The summed E-state index contributed by atoms with van der Waals surface area (Å²) < 4.78 is 0. The van der Waals surface area contributed by atoms with Gasteiger partial charge in [-0.05, 0) is 30.3 Å². The van der Waals surface area contributed by atoms with Crippen molar-refractivity contribution in [2.24, 2.45) is 0 Å². The maximum absolute atomic E-state index is 9.46. The van der Waals surface area contributed by atoms with Gasteiger partial charge in [-0.2, -0.15) is 0 Å².